The maximum absolute atomic E-state index is 13.6. The number of benzene rings is 2. The Hall–Kier alpha value is -4.48. The highest BCUT2D eigenvalue weighted by atomic mass is 16.4. The summed E-state index contributed by atoms with van der Waals surface area (Å²) >= 11 is 0. The fraction of sp³-hybridized carbons (Fsp3) is 0.429. The molecule has 0 saturated carbocycles. The monoisotopic (exact) mass is 551 g/mol. The number of aldehydes is 1. The van der Waals surface area contributed by atoms with Gasteiger partial charge in [-0.25, -0.2) is 5.01 Å². The van der Waals surface area contributed by atoms with Crippen LogP contribution in [0.15, 0.2) is 36.4 Å². The van der Waals surface area contributed by atoms with Gasteiger partial charge in [-0.1, -0.05) is 30.3 Å². The van der Waals surface area contributed by atoms with Gasteiger partial charge in [-0.05, 0) is 36.3 Å². The Morgan fingerprint density at radius 3 is 2.60 bits per heavy atom. The van der Waals surface area contributed by atoms with Crippen molar-refractivity contribution in [2.45, 2.75) is 56.7 Å². The van der Waals surface area contributed by atoms with Crippen molar-refractivity contribution in [2.24, 2.45) is 0 Å². The standard InChI is InChI=1S/C28H33N5O7/c1-31(2)23-13-17(12-18-6-3-4-7-20(18)23)14-24(35)30-21-9-10-25(36)32-11-5-8-22(33(32)28(21)40)27(39)29-19(16-34)15-26(37)38/h3-4,6-7,12-13,16,19,21-22H,5,8-11,14-15H2,1-2H3,(H,29,39)(H,30,35)(H,37,38)/t19-,21-,22-/m0/s1. The fourth-order valence-electron chi connectivity index (χ4n) is 5.26. The van der Waals surface area contributed by atoms with Crippen molar-refractivity contribution < 1.29 is 33.9 Å². The number of anilines is 1. The maximum atomic E-state index is 13.6. The zero-order valence-corrected chi connectivity index (χ0v) is 22.5. The first kappa shape index (κ1) is 28.5. The van der Waals surface area contributed by atoms with Crippen LogP contribution in [0.4, 0.5) is 5.69 Å². The summed E-state index contributed by atoms with van der Waals surface area (Å²) in [7, 11) is 3.84. The minimum absolute atomic E-state index is 0.00173. The third-order valence-corrected chi connectivity index (χ3v) is 7.13. The predicted molar refractivity (Wildman–Crippen MR) is 145 cm³/mol. The highest BCUT2D eigenvalue weighted by Crippen LogP contribution is 2.28. The number of carbonyl (C=O) groups is 6. The lowest BCUT2D eigenvalue weighted by atomic mass is 10.0. The number of hydrazine groups is 1. The van der Waals surface area contributed by atoms with Crippen molar-refractivity contribution in [3.05, 3.63) is 42.0 Å². The molecule has 12 heteroatoms. The number of rotatable bonds is 9. The van der Waals surface area contributed by atoms with E-state index in [0.717, 1.165) is 27.0 Å². The lowest BCUT2D eigenvalue weighted by Crippen LogP contribution is -2.64. The zero-order chi connectivity index (χ0) is 29.0. The highest BCUT2D eigenvalue weighted by Gasteiger charge is 2.44. The normalized spacial score (nSPS) is 19.9. The van der Waals surface area contributed by atoms with Gasteiger partial charge in [-0.15, -0.1) is 0 Å². The molecule has 2 fully saturated rings. The van der Waals surface area contributed by atoms with E-state index in [1.807, 2.05) is 55.4 Å². The molecule has 2 saturated heterocycles. The van der Waals surface area contributed by atoms with Gasteiger partial charge in [0.1, 0.15) is 18.4 Å². The number of fused-ring (bicyclic) bond motifs is 2. The molecular formula is C28H33N5O7. The van der Waals surface area contributed by atoms with E-state index in [9.17, 15) is 28.8 Å². The molecular weight excluding hydrogens is 518 g/mol. The smallest absolute Gasteiger partial charge is 0.305 e. The molecule has 2 aliphatic heterocycles. The van der Waals surface area contributed by atoms with E-state index >= 15 is 0 Å². The highest BCUT2D eigenvalue weighted by molar-refractivity contribution is 5.98. The number of carbonyl (C=O) groups excluding carboxylic acids is 5. The summed E-state index contributed by atoms with van der Waals surface area (Å²) in [5.74, 6) is -3.36. The van der Waals surface area contributed by atoms with E-state index in [0.29, 0.717) is 12.7 Å². The number of hydrogen-bond donors (Lipinski definition) is 3. The molecule has 3 atom stereocenters. The van der Waals surface area contributed by atoms with Gasteiger partial charge in [0.2, 0.25) is 17.7 Å². The van der Waals surface area contributed by atoms with Gasteiger partial charge >= 0.3 is 5.97 Å². The summed E-state index contributed by atoms with van der Waals surface area (Å²) in [5.41, 5.74) is 1.71. The number of carboxylic acid groups (broad SMARTS) is 1. The van der Waals surface area contributed by atoms with Gasteiger partial charge in [0, 0.05) is 38.1 Å². The van der Waals surface area contributed by atoms with Crippen LogP contribution in [0.2, 0.25) is 0 Å². The second-order valence-corrected chi connectivity index (χ2v) is 10.3. The van der Waals surface area contributed by atoms with Gasteiger partial charge in [0.25, 0.3) is 5.91 Å². The number of nitrogens with zero attached hydrogens (tertiary/aromatic N) is 3. The van der Waals surface area contributed by atoms with Gasteiger partial charge in [0.15, 0.2) is 0 Å². The molecule has 0 aromatic heterocycles. The summed E-state index contributed by atoms with van der Waals surface area (Å²) in [6.07, 6.45) is 0.435. The van der Waals surface area contributed by atoms with E-state index in [-0.39, 0.29) is 38.1 Å². The van der Waals surface area contributed by atoms with E-state index in [1.165, 1.54) is 5.01 Å². The summed E-state index contributed by atoms with van der Waals surface area (Å²) in [5, 5.41) is 18.4. The Balaban J connectivity index is 1.52. The van der Waals surface area contributed by atoms with Crippen molar-refractivity contribution >= 4 is 52.3 Å². The number of carboxylic acids is 1. The van der Waals surface area contributed by atoms with Crippen LogP contribution in [0, 0.1) is 0 Å². The summed E-state index contributed by atoms with van der Waals surface area (Å²) in [6.45, 7) is 0.228. The number of amides is 4. The first-order valence-corrected chi connectivity index (χ1v) is 13.2. The molecule has 40 heavy (non-hydrogen) atoms. The molecule has 12 nitrogen and oxygen atoms in total. The minimum Gasteiger partial charge on any atom is -0.481 e. The van der Waals surface area contributed by atoms with Gasteiger partial charge in [-0.3, -0.25) is 29.0 Å². The van der Waals surface area contributed by atoms with Crippen LogP contribution < -0.4 is 15.5 Å². The molecule has 2 aliphatic rings. The molecule has 0 bridgehead atoms. The van der Waals surface area contributed by atoms with E-state index < -0.39 is 48.2 Å². The maximum Gasteiger partial charge on any atom is 0.305 e. The Bertz CT molecular complexity index is 1340. The molecule has 2 aromatic carbocycles. The Kier molecular flexibility index (Phi) is 8.66. The number of aliphatic carboxylic acids is 1. The lowest BCUT2D eigenvalue weighted by molar-refractivity contribution is -0.176. The molecule has 4 rings (SSSR count). The average molecular weight is 552 g/mol. The largest absolute Gasteiger partial charge is 0.481 e. The molecule has 2 aromatic rings. The van der Waals surface area contributed by atoms with E-state index in [1.54, 1.807) is 0 Å². The van der Waals surface area contributed by atoms with Crippen LogP contribution in [0.3, 0.4) is 0 Å². The zero-order valence-electron chi connectivity index (χ0n) is 22.5. The average Bonchev–Trinajstić information content (AvgIpc) is 3.03. The van der Waals surface area contributed by atoms with Crippen LogP contribution in [0.1, 0.15) is 37.7 Å². The van der Waals surface area contributed by atoms with Gasteiger partial charge in [0.05, 0.1) is 18.9 Å². The SMILES string of the molecule is CN(C)c1cc(CC(=O)N[C@H]2CCC(=O)N3CCC[C@@H](C(=O)N[C@H](C=O)CC(=O)O)N3C2=O)cc2ccccc12. The van der Waals surface area contributed by atoms with Crippen molar-refractivity contribution in [3.8, 4) is 0 Å². The van der Waals surface area contributed by atoms with E-state index in [2.05, 4.69) is 10.6 Å². The van der Waals surface area contributed by atoms with Crippen molar-refractivity contribution in [2.75, 3.05) is 25.5 Å². The number of nitrogens with one attached hydrogen (secondary N) is 2. The molecule has 0 unspecified atom stereocenters. The summed E-state index contributed by atoms with van der Waals surface area (Å²) in [6, 6.07) is 8.25. The lowest BCUT2D eigenvalue weighted by Gasteiger charge is -2.43. The summed E-state index contributed by atoms with van der Waals surface area (Å²) in [4.78, 5) is 77.0. The molecule has 0 aliphatic carbocycles. The molecule has 0 radical (unpaired) electrons. The quantitative estimate of drug-likeness (QED) is 0.383. The first-order valence-electron chi connectivity index (χ1n) is 13.2. The van der Waals surface area contributed by atoms with Crippen molar-refractivity contribution in [3.63, 3.8) is 0 Å². The Morgan fingerprint density at radius 2 is 1.90 bits per heavy atom. The molecule has 212 valence electrons. The van der Waals surface area contributed by atoms with Crippen LogP contribution in [0.5, 0.6) is 0 Å². The van der Waals surface area contributed by atoms with Crippen LogP contribution in [-0.4, -0.2) is 89.8 Å². The van der Waals surface area contributed by atoms with Crippen LogP contribution >= 0.6 is 0 Å². The van der Waals surface area contributed by atoms with Crippen LogP contribution in [-0.2, 0) is 35.2 Å². The molecule has 0 spiro atoms. The van der Waals surface area contributed by atoms with Crippen LogP contribution in [0.25, 0.3) is 10.8 Å². The molecule has 2 heterocycles. The fourth-order valence-corrected chi connectivity index (χ4v) is 5.26. The molecule has 3 N–H and O–H groups in total. The molecule has 4 amide bonds. The summed E-state index contributed by atoms with van der Waals surface area (Å²) < 4.78 is 0. The second kappa shape index (κ2) is 12.1. The minimum atomic E-state index is -1.28. The second-order valence-electron chi connectivity index (χ2n) is 10.3. The van der Waals surface area contributed by atoms with Crippen molar-refractivity contribution in [1.82, 2.24) is 20.7 Å². The third-order valence-electron chi connectivity index (χ3n) is 7.13. The number of hydrogen-bond acceptors (Lipinski definition) is 7. The Morgan fingerprint density at radius 1 is 1.15 bits per heavy atom. The van der Waals surface area contributed by atoms with Crippen molar-refractivity contribution in [1.29, 1.82) is 0 Å². The van der Waals surface area contributed by atoms with E-state index in [4.69, 9.17) is 5.11 Å². The Labute approximate surface area is 231 Å². The predicted octanol–water partition coefficient (Wildman–Crippen LogP) is 0.620. The van der Waals surface area contributed by atoms with Gasteiger partial charge in [-0.2, -0.15) is 0 Å². The first-order chi connectivity index (χ1) is 19.1. The van der Waals surface area contributed by atoms with Gasteiger partial charge < -0.3 is 25.4 Å². The third kappa shape index (κ3) is 6.22. The topological polar surface area (TPSA) is 156 Å².